The van der Waals surface area contributed by atoms with Crippen molar-refractivity contribution in [2.24, 2.45) is 0 Å². The fraction of sp³-hybridized carbons (Fsp3) is 0.436. The Morgan fingerprint density at radius 2 is 1.34 bits per heavy atom. The summed E-state index contributed by atoms with van der Waals surface area (Å²) in [6, 6.07) is 23.1. The van der Waals surface area contributed by atoms with Crippen molar-refractivity contribution >= 4 is 47.4 Å². The van der Waals surface area contributed by atoms with Gasteiger partial charge in [0, 0.05) is 29.6 Å². The molecule has 3 aromatic rings. The summed E-state index contributed by atoms with van der Waals surface area (Å²) in [5.41, 5.74) is 4.60. The van der Waals surface area contributed by atoms with Crippen molar-refractivity contribution in [2.75, 3.05) is 18.1 Å². The number of hydrogen-bond donors (Lipinski definition) is 2. The number of alkyl carbamates (subject to hydrolysis) is 1. The molecule has 1 heterocycles. The largest absolute Gasteiger partial charge is 0.459 e. The van der Waals surface area contributed by atoms with E-state index in [0.717, 1.165) is 27.8 Å². The van der Waals surface area contributed by atoms with Gasteiger partial charge in [-0.1, -0.05) is 90.0 Å². The Labute approximate surface area is 304 Å². The number of hydrogen-bond acceptors (Lipinski definition) is 8. The standard InChI is InChI=1S/C39H49N3O6S2/c1-27-13-17-30(18-14-27)23-49-25-32(41-38(46)48-39(3,4)5)35(43)40-33(26-50-24-31-19-15-28(2)16-20-31)36(44)42-21-9-12-34(42)37(45)47-22-29-10-7-6-8-11-29/h6-8,10-11,13-20,32-34H,9,12,21-26H2,1-5H3,(H,40,43)(H,41,46)/t32-,33-,34-/m0/s1. The number of benzene rings is 3. The lowest BCUT2D eigenvalue weighted by Crippen LogP contribution is -2.57. The molecule has 0 aliphatic carbocycles. The Bertz CT molecular complexity index is 1560. The first-order chi connectivity index (χ1) is 23.9. The number of aryl methyl sites for hydroxylation is 2. The zero-order valence-corrected chi connectivity index (χ0v) is 31.2. The molecule has 268 valence electrons. The van der Waals surface area contributed by atoms with Gasteiger partial charge in [-0.2, -0.15) is 23.5 Å². The molecular formula is C39H49N3O6S2. The van der Waals surface area contributed by atoms with Crippen LogP contribution in [0.15, 0.2) is 78.9 Å². The molecule has 1 saturated heterocycles. The smallest absolute Gasteiger partial charge is 0.408 e. The average Bonchev–Trinajstić information content (AvgIpc) is 3.58. The van der Waals surface area contributed by atoms with E-state index >= 15 is 0 Å². The number of nitrogens with zero attached hydrogens (tertiary/aromatic N) is 1. The van der Waals surface area contributed by atoms with Crippen LogP contribution in [0.3, 0.4) is 0 Å². The molecular weight excluding hydrogens is 671 g/mol. The molecule has 3 atom stereocenters. The Morgan fingerprint density at radius 3 is 1.90 bits per heavy atom. The van der Waals surface area contributed by atoms with Gasteiger partial charge >= 0.3 is 12.1 Å². The Balaban J connectivity index is 1.48. The number of carbonyl (C=O) groups excluding carboxylic acids is 4. The number of nitrogens with one attached hydrogen (secondary N) is 2. The van der Waals surface area contributed by atoms with Crippen LogP contribution in [0.2, 0.25) is 0 Å². The van der Waals surface area contributed by atoms with Crippen LogP contribution in [0.25, 0.3) is 0 Å². The minimum atomic E-state index is -0.970. The third kappa shape index (κ3) is 12.7. The predicted octanol–water partition coefficient (Wildman–Crippen LogP) is 6.58. The number of amides is 3. The molecule has 50 heavy (non-hydrogen) atoms. The molecule has 0 spiro atoms. The molecule has 1 aliphatic heterocycles. The zero-order valence-electron chi connectivity index (χ0n) is 29.6. The predicted molar refractivity (Wildman–Crippen MR) is 201 cm³/mol. The van der Waals surface area contributed by atoms with Gasteiger partial charge in [0.25, 0.3) is 0 Å². The maximum atomic E-state index is 14.2. The zero-order chi connectivity index (χ0) is 36.1. The Kier molecular flexibility index (Phi) is 14.7. The van der Waals surface area contributed by atoms with E-state index in [4.69, 9.17) is 9.47 Å². The van der Waals surface area contributed by atoms with Crippen molar-refractivity contribution in [3.05, 3.63) is 107 Å². The second kappa shape index (κ2) is 18.9. The van der Waals surface area contributed by atoms with Crippen molar-refractivity contribution in [3.63, 3.8) is 0 Å². The van der Waals surface area contributed by atoms with Crippen LogP contribution in [-0.4, -0.2) is 70.6 Å². The summed E-state index contributed by atoms with van der Waals surface area (Å²) in [7, 11) is 0. The highest BCUT2D eigenvalue weighted by molar-refractivity contribution is 7.98. The van der Waals surface area contributed by atoms with Crippen LogP contribution < -0.4 is 10.6 Å². The number of rotatable bonds is 15. The number of thioether (sulfide) groups is 2. The molecule has 11 heteroatoms. The van der Waals surface area contributed by atoms with E-state index in [1.54, 1.807) is 20.8 Å². The molecule has 4 rings (SSSR count). The second-order valence-electron chi connectivity index (χ2n) is 13.5. The van der Waals surface area contributed by atoms with E-state index in [1.165, 1.54) is 28.4 Å². The maximum Gasteiger partial charge on any atom is 0.408 e. The summed E-state index contributed by atoms with van der Waals surface area (Å²) in [5.74, 6) is 0.490. The lowest BCUT2D eigenvalue weighted by molar-refractivity contribution is -0.155. The minimum absolute atomic E-state index is 0.114. The fourth-order valence-corrected chi connectivity index (χ4v) is 7.36. The van der Waals surface area contributed by atoms with Crippen LogP contribution in [-0.2, 0) is 42.0 Å². The second-order valence-corrected chi connectivity index (χ2v) is 15.6. The van der Waals surface area contributed by atoms with Crippen molar-refractivity contribution < 1.29 is 28.7 Å². The molecule has 0 radical (unpaired) electrons. The topological polar surface area (TPSA) is 114 Å². The highest BCUT2D eigenvalue weighted by atomic mass is 32.2. The van der Waals surface area contributed by atoms with Gasteiger partial charge in [-0.15, -0.1) is 0 Å². The molecule has 3 amide bonds. The highest BCUT2D eigenvalue weighted by Gasteiger charge is 2.39. The van der Waals surface area contributed by atoms with Crippen LogP contribution in [0.4, 0.5) is 4.79 Å². The van der Waals surface area contributed by atoms with Crippen molar-refractivity contribution in [3.8, 4) is 0 Å². The monoisotopic (exact) mass is 719 g/mol. The van der Waals surface area contributed by atoms with Gasteiger partial charge in [0.1, 0.15) is 30.3 Å². The average molecular weight is 720 g/mol. The molecule has 0 unspecified atom stereocenters. The summed E-state index contributed by atoms with van der Waals surface area (Å²) in [5, 5.41) is 5.67. The summed E-state index contributed by atoms with van der Waals surface area (Å²) in [6.07, 6.45) is 0.410. The van der Waals surface area contributed by atoms with E-state index in [2.05, 4.69) is 10.6 Å². The number of carbonyl (C=O) groups is 4. The van der Waals surface area contributed by atoms with Gasteiger partial charge in [0.05, 0.1) is 0 Å². The Hall–Kier alpha value is -3.96. The van der Waals surface area contributed by atoms with Gasteiger partial charge in [-0.3, -0.25) is 9.59 Å². The van der Waals surface area contributed by atoms with E-state index in [0.29, 0.717) is 30.9 Å². The van der Waals surface area contributed by atoms with Crippen molar-refractivity contribution in [1.82, 2.24) is 15.5 Å². The molecule has 1 aliphatic rings. The summed E-state index contributed by atoms with van der Waals surface area (Å²) < 4.78 is 11.1. The first-order valence-corrected chi connectivity index (χ1v) is 19.3. The third-order valence-electron chi connectivity index (χ3n) is 8.00. The maximum absolute atomic E-state index is 14.2. The summed E-state index contributed by atoms with van der Waals surface area (Å²) in [6.45, 7) is 9.81. The summed E-state index contributed by atoms with van der Waals surface area (Å²) >= 11 is 3.02. The van der Waals surface area contributed by atoms with Crippen LogP contribution >= 0.6 is 23.5 Å². The molecule has 3 aromatic carbocycles. The third-order valence-corrected chi connectivity index (χ3v) is 10.2. The quantitative estimate of drug-likeness (QED) is 0.170. The fourth-order valence-electron chi connectivity index (χ4n) is 5.34. The van der Waals surface area contributed by atoms with E-state index < -0.39 is 41.7 Å². The lowest BCUT2D eigenvalue weighted by atomic mass is 10.2. The van der Waals surface area contributed by atoms with Gasteiger partial charge in [0.2, 0.25) is 11.8 Å². The minimum Gasteiger partial charge on any atom is -0.459 e. The molecule has 0 bridgehead atoms. The molecule has 2 N–H and O–H groups in total. The molecule has 0 aromatic heterocycles. The molecule has 9 nitrogen and oxygen atoms in total. The number of ether oxygens (including phenoxy) is 2. The molecule has 0 saturated carbocycles. The number of esters is 1. The van der Waals surface area contributed by atoms with Gasteiger partial charge in [-0.05, 0) is 64.2 Å². The van der Waals surface area contributed by atoms with Gasteiger partial charge < -0.3 is 25.0 Å². The normalized spacial score (nSPS) is 15.5. The Morgan fingerprint density at radius 1 is 0.780 bits per heavy atom. The van der Waals surface area contributed by atoms with Crippen LogP contribution in [0.1, 0.15) is 61.4 Å². The summed E-state index contributed by atoms with van der Waals surface area (Å²) in [4.78, 5) is 55.7. The van der Waals surface area contributed by atoms with Gasteiger partial charge in [0.15, 0.2) is 0 Å². The van der Waals surface area contributed by atoms with Crippen molar-refractivity contribution in [1.29, 1.82) is 0 Å². The highest BCUT2D eigenvalue weighted by Crippen LogP contribution is 2.23. The van der Waals surface area contributed by atoms with E-state index in [-0.39, 0.29) is 24.0 Å². The van der Waals surface area contributed by atoms with Gasteiger partial charge in [-0.25, -0.2) is 9.59 Å². The van der Waals surface area contributed by atoms with Crippen LogP contribution in [0.5, 0.6) is 0 Å². The molecule has 1 fully saturated rings. The number of likely N-dealkylation sites (tertiary alicyclic amines) is 1. The van der Waals surface area contributed by atoms with E-state index in [1.807, 2.05) is 92.7 Å². The SMILES string of the molecule is Cc1ccc(CSC[C@H](NC(=O)OC(C)(C)C)C(=O)N[C@@H](CSCc2ccc(C)cc2)C(=O)N2CCC[C@H]2C(=O)OCc2ccccc2)cc1. The van der Waals surface area contributed by atoms with E-state index in [9.17, 15) is 19.2 Å². The van der Waals surface area contributed by atoms with Crippen LogP contribution in [0, 0.1) is 13.8 Å². The van der Waals surface area contributed by atoms with Crippen molar-refractivity contribution in [2.45, 2.75) is 89.3 Å². The lowest BCUT2D eigenvalue weighted by Gasteiger charge is -2.29. The first kappa shape index (κ1) is 38.8. The first-order valence-electron chi connectivity index (χ1n) is 17.0.